The summed E-state index contributed by atoms with van der Waals surface area (Å²) in [5, 5.41) is 32.7. The zero-order valence-corrected chi connectivity index (χ0v) is 106. The van der Waals surface area contributed by atoms with E-state index in [-0.39, 0.29) is 251 Å². The Bertz CT molecular complexity index is 3990. The Morgan fingerprint density at radius 2 is 0.919 bits per heavy atom. The first kappa shape index (κ1) is 145. The zero-order valence-electron chi connectivity index (χ0n) is 77.6. The quantitative estimate of drug-likeness (QED) is 0.0152. The molecule has 0 saturated carbocycles. The third-order valence-corrected chi connectivity index (χ3v) is 35.0. The van der Waals surface area contributed by atoms with Crippen molar-refractivity contribution in [2.45, 2.75) is 217 Å². The van der Waals surface area contributed by atoms with Gasteiger partial charge in [0.25, 0.3) is 5.91 Å². The van der Waals surface area contributed by atoms with Crippen molar-refractivity contribution in [3.63, 3.8) is 0 Å². The number of esters is 2. The van der Waals surface area contributed by atoms with E-state index in [1.165, 1.54) is 30.8 Å². The maximum atomic E-state index is 12.4. The fourth-order valence-corrected chi connectivity index (χ4v) is 27.3. The van der Waals surface area contributed by atoms with E-state index in [0.717, 1.165) is 101 Å². The number of nitrogens with zero attached hydrogens (tertiary/aromatic N) is 11. The molecule has 12 fully saturated rings. The summed E-state index contributed by atoms with van der Waals surface area (Å²) in [4.78, 5) is 177. The fourth-order valence-electron chi connectivity index (χ4n) is 14.9. The number of halogens is 4. The van der Waals surface area contributed by atoms with Crippen molar-refractivity contribution >= 4 is 279 Å². The van der Waals surface area contributed by atoms with Crippen LogP contribution in [0.1, 0.15) is 131 Å². The summed E-state index contributed by atoms with van der Waals surface area (Å²) >= 11 is 11.7. The number of carbonyl (C=O) groups excluding carboxylic acids is 15. The van der Waals surface area contributed by atoms with Crippen LogP contribution in [-0.2, 0) is 110 Å². The Hall–Kier alpha value is 2.99. The van der Waals surface area contributed by atoms with Crippen LogP contribution in [0.5, 0.6) is 0 Å². The molecular weight excluding hydrogens is 2460 g/mol. The van der Waals surface area contributed by atoms with Gasteiger partial charge in [-0.1, -0.05) is 104 Å². The van der Waals surface area contributed by atoms with Crippen molar-refractivity contribution in [3.8, 4) is 0 Å². The van der Waals surface area contributed by atoms with E-state index in [9.17, 15) is 75.5 Å². The van der Waals surface area contributed by atoms with Crippen molar-refractivity contribution in [1.29, 1.82) is 0 Å². The van der Waals surface area contributed by atoms with Crippen LogP contribution in [0.4, 0.5) is 9.59 Å². The molecule has 12 heterocycles. The average molecular weight is 2600 g/mol. The van der Waals surface area contributed by atoms with Crippen LogP contribution in [0.2, 0.25) is 6.82 Å². The topological polar surface area (TPSA) is 611 Å². The molecule has 12 saturated heterocycles. The number of hydrogen-bond donors (Lipinski definition) is 11. The van der Waals surface area contributed by atoms with Crippen molar-refractivity contribution < 1.29 is 229 Å². The molecule has 782 valence electrons. The van der Waals surface area contributed by atoms with Crippen LogP contribution in [0.15, 0.2) is 0 Å². The number of hydrogen-bond acceptors (Lipinski definition) is 36. The summed E-state index contributed by atoms with van der Waals surface area (Å²) in [5.41, 5.74) is 5.91. The normalized spacial score (nSPS) is 26.0. The third kappa shape index (κ3) is 49.6. The van der Waals surface area contributed by atoms with Gasteiger partial charge in [0.05, 0.1) is 39.4 Å². The number of carbonyl (C=O) groups is 15. The molecule has 12 rings (SSSR count). The Balaban J connectivity index is -0.000000716. The van der Waals surface area contributed by atoms with Gasteiger partial charge in [-0.25, -0.2) is 18.7 Å². The van der Waals surface area contributed by atoms with Crippen LogP contribution < -0.4 is 99.9 Å². The van der Waals surface area contributed by atoms with E-state index in [1.807, 2.05) is 55.6 Å². The number of fused-ring (bicyclic) bond motifs is 4. The first-order chi connectivity index (χ1) is 62.4. The molecule has 0 aromatic carbocycles. The number of imide groups is 2. The number of amides is 10. The molecule has 69 heteroatoms. The van der Waals surface area contributed by atoms with E-state index in [0.29, 0.717) is 143 Å². The van der Waals surface area contributed by atoms with Gasteiger partial charge in [-0.3, -0.25) is 105 Å². The molecule has 0 spiro atoms. The van der Waals surface area contributed by atoms with E-state index in [1.54, 1.807) is 4.90 Å². The van der Waals surface area contributed by atoms with Crippen molar-refractivity contribution in [3.05, 3.63) is 0 Å². The number of rotatable bonds is 23. The molecule has 27 unspecified atom stereocenters. The number of nitrogens with one attached hydrogen (secondary N) is 7. The van der Waals surface area contributed by atoms with Gasteiger partial charge in [0.1, 0.15) is 30.2 Å². The van der Waals surface area contributed by atoms with Gasteiger partial charge in [-0.05, 0) is 160 Å². The van der Waals surface area contributed by atoms with Gasteiger partial charge in [-0.15, -0.1) is 0 Å². The number of methoxy groups -OCH3 is 2. The summed E-state index contributed by atoms with van der Waals surface area (Å²) in [6.45, 7) is 23.4. The average Bonchev–Trinajstić information content (AvgIpc) is 1.59. The molecule has 12 aliphatic rings. The third-order valence-electron chi connectivity index (χ3n) is 20.7. The molecule has 45 nitrogen and oxygen atoms in total. The number of Topliss-reactive ketones (excluding diaryl/α,β-unsaturated/α-hetero) is 3. The minimum absolute atomic E-state index is 0. The minimum atomic E-state index is -3.72. The van der Waals surface area contributed by atoms with Crippen LogP contribution in [0.25, 0.3) is 0 Å². The predicted molar refractivity (Wildman–Crippen MR) is 553 cm³/mol. The molecular formula is C67H136AcBCl4CuKN20O25P14S2. The van der Waals surface area contributed by atoms with Gasteiger partial charge in [0.15, 0.2) is 35.5 Å². The predicted octanol–water partition coefficient (Wildman–Crippen LogP) is -0.599. The van der Waals surface area contributed by atoms with Crippen LogP contribution in [0, 0.1) is 44.1 Å². The molecule has 0 aromatic heterocycles. The summed E-state index contributed by atoms with van der Waals surface area (Å²) in [6, 6.07) is -3.07. The van der Waals surface area contributed by atoms with E-state index >= 15 is 0 Å². The summed E-state index contributed by atoms with van der Waals surface area (Å²) in [6.07, 6.45) is 10.7. The zero-order chi connectivity index (χ0) is 101. The summed E-state index contributed by atoms with van der Waals surface area (Å²) in [5.74, 6) is -1.33. The number of nitrogens with two attached hydrogens (primary N) is 1. The SMILES string of the molecule is CB(O)O.CCCN1C(=O)C2C(CCN2PP)NS1(=O)=O.CCCN1C(=O)CNC2CCN(PP)C2C1=O.CCCN1C(=O)NC2CCN(PP)C2C1=O.CCCN1CC(=O)NC2CCN(PP)C2C1=O.CCCNC(=O)C1C(=O)CCN1PP.CCCNC(=O)C1C(N)CCN1PP.COC(=O)C1C(=O)CCN1PP.COC(=O)C1NCCC1=O.N.O=C(Cl)Cl.O=S(=O)(Cl)Cl.[Ac].[K+].[OH-].[O]=[Cu]. The first-order valence-corrected chi connectivity index (χ1v) is 66.9. The molecule has 136 heavy (non-hydrogen) atoms. The van der Waals surface area contributed by atoms with Gasteiger partial charge >= 0.3 is 119 Å². The second-order valence-electron chi connectivity index (χ2n) is 29.8. The Labute approximate surface area is 933 Å². The standard InChI is InChI=1S/2C10H19N3O2P2.C9H17N3O2P2.C8H17N3O3P2S.C8H19N3OP2.C8H16N2O2P2.C6H11NO3P2.C6H9NO3.CH5BO2.CCl2O.Ac.Cl2O2S.Cu.K.H3N.H2O.O/c1-2-4-12-6-8(14)11-7-3-5-13(17-16)9(7)10(12)15;1-2-4-12-8(14)6-11-7-3-5-13(17-16)9(7)10(12)15;1-2-4-11-8(13)7-6(10-9(11)14)3-5-12(7)16-15;1-2-4-11-8(12)7-6(9-17(11,13)14)3-5-10(7)16-15;1-2-4-10-8(12)7-6(9)3-5-11(7)14-13;1-2-4-9-8(12)7-6(11)3-5-10(7)14-13;1-10-6(9)5-4(8)2-3-7(5)12-11;1-10-6(9)5-4(8)2-3-7-5;1-2(3)4;2-1(3)4;;1-5(2,3)4;;;;;/h7,9,17H,2-6,16H2,1H3,(H,11,14);7,9,11,17H,2-6,16H2,1H3;6-7,16H,2-5,15H2,1H3,(H,10,14);6-7,9,16H,2-5,15H2,1H3;6-7,14H,2-5,9,13H2,1H3,(H,10,12);7,14H,2-5,13H2,1H3,(H,9,12);5,12H,2-3,11H2,1H3;5,7H,2-3H2,1H3;3-4H,1H3;;;;;;1H3;1H2;/q;;;;;;;;;;;;;+1;;;/p-1. The second-order valence-corrected chi connectivity index (χ2v) is 47.2. The summed E-state index contributed by atoms with van der Waals surface area (Å²) < 4.78 is 75.9. The molecule has 0 aliphatic carbocycles. The Morgan fingerprint density at radius 3 is 1.35 bits per heavy atom. The molecule has 10 amide bonds. The monoisotopic (exact) mass is 2600 g/mol. The van der Waals surface area contributed by atoms with Crippen LogP contribution >= 0.6 is 166 Å². The van der Waals surface area contributed by atoms with E-state index in [2.05, 4.69) is 188 Å². The first-order valence-electron chi connectivity index (χ1n) is 41.9. The Kier molecular flexibility index (Phi) is 84.4. The van der Waals surface area contributed by atoms with E-state index in [4.69, 9.17) is 32.8 Å². The molecule has 27 atom stereocenters. The molecule has 1 radical (unpaired) electrons. The second kappa shape index (κ2) is 79.1. The van der Waals surface area contributed by atoms with Gasteiger partial charge in [-0.2, -0.15) is 21.6 Å². The fraction of sp³-hybridized carbons (Fsp3) is 0.776. The molecule has 0 bridgehead atoms. The Morgan fingerprint density at radius 1 is 0.537 bits per heavy atom. The van der Waals surface area contributed by atoms with Gasteiger partial charge in [0, 0.05) is 194 Å². The van der Waals surface area contributed by atoms with Crippen LogP contribution in [0.3, 0.4) is 0 Å². The van der Waals surface area contributed by atoms with E-state index < -0.39 is 60.4 Å². The number of ketones is 3. The van der Waals surface area contributed by atoms with Crippen molar-refractivity contribution in [2.75, 3.05) is 119 Å². The number of urea groups is 1. The maximum absolute atomic E-state index is 12.4. The number of ether oxygens (including phenoxy) is 2. The molecule has 12 aliphatic heterocycles. The van der Waals surface area contributed by atoms with Gasteiger partial charge in [0.2, 0.25) is 41.4 Å². The molecule has 0 aromatic rings. The summed E-state index contributed by atoms with van der Waals surface area (Å²) in [7, 11) is 24.5. The van der Waals surface area contributed by atoms with Crippen LogP contribution in [-0.4, -0.2) is 376 Å². The van der Waals surface area contributed by atoms with Crippen molar-refractivity contribution in [2.24, 2.45) is 5.73 Å². The van der Waals surface area contributed by atoms with Gasteiger partial charge < -0.3 is 68.4 Å². The van der Waals surface area contributed by atoms with Crippen molar-refractivity contribution in [1.82, 2.24) is 94.5 Å². The molecule has 15 N–H and O–H groups in total.